The van der Waals surface area contributed by atoms with Crippen molar-refractivity contribution in [3.05, 3.63) is 12.0 Å². The highest BCUT2D eigenvalue weighted by Crippen LogP contribution is 2.25. The molecule has 1 saturated heterocycles. The minimum atomic E-state index is -3.44. The fourth-order valence-corrected chi connectivity index (χ4v) is 4.06. The molecule has 0 radical (unpaired) electrons. The standard InChI is InChI=1S/C12H22N4O2S/c1-5-11-13-6-12(14-11)19(17,18)16-7-9(2)10(8-16)15(3)4/h6,9-10H,5,7-8H2,1-4H3,(H,13,14). The summed E-state index contributed by atoms with van der Waals surface area (Å²) >= 11 is 0. The van der Waals surface area contributed by atoms with Crippen LogP contribution in [0.1, 0.15) is 19.7 Å². The van der Waals surface area contributed by atoms with Crippen LogP contribution in [0.5, 0.6) is 0 Å². The Morgan fingerprint density at radius 1 is 1.47 bits per heavy atom. The van der Waals surface area contributed by atoms with Crippen molar-refractivity contribution in [3.8, 4) is 0 Å². The van der Waals surface area contributed by atoms with Crippen molar-refractivity contribution in [2.75, 3.05) is 27.2 Å². The predicted octanol–water partition coefficient (Wildman–Crippen LogP) is 0.543. The molecule has 0 saturated carbocycles. The van der Waals surface area contributed by atoms with Gasteiger partial charge < -0.3 is 9.88 Å². The zero-order chi connectivity index (χ0) is 14.2. The van der Waals surface area contributed by atoms with E-state index in [4.69, 9.17) is 0 Å². The van der Waals surface area contributed by atoms with Crippen molar-refractivity contribution < 1.29 is 8.42 Å². The van der Waals surface area contributed by atoms with Crippen LogP contribution in [-0.2, 0) is 16.4 Å². The molecule has 0 amide bonds. The number of aryl methyl sites for hydroxylation is 1. The largest absolute Gasteiger partial charge is 0.332 e. The van der Waals surface area contributed by atoms with Crippen molar-refractivity contribution in [1.29, 1.82) is 0 Å². The maximum absolute atomic E-state index is 12.5. The number of nitrogens with one attached hydrogen (secondary N) is 1. The summed E-state index contributed by atoms with van der Waals surface area (Å²) in [4.78, 5) is 9.05. The topological polar surface area (TPSA) is 69.3 Å². The van der Waals surface area contributed by atoms with Crippen LogP contribution in [0, 0.1) is 5.92 Å². The summed E-state index contributed by atoms with van der Waals surface area (Å²) in [5.41, 5.74) is 0. The SMILES string of the molecule is CCc1ncc(S(=O)(=O)N2CC(C)C(N(C)C)C2)[nH]1. The van der Waals surface area contributed by atoms with Gasteiger partial charge in [-0.1, -0.05) is 13.8 Å². The van der Waals surface area contributed by atoms with E-state index in [1.165, 1.54) is 6.20 Å². The number of rotatable bonds is 4. The van der Waals surface area contributed by atoms with E-state index in [0.29, 0.717) is 31.3 Å². The van der Waals surface area contributed by atoms with Gasteiger partial charge in [0.2, 0.25) is 0 Å². The minimum absolute atomic E-state index is 0.205. The lowest BCUT2D eigenvalue weighted by atomic mass is 10.1. The molecule has 6 nitrogen and oxygen atoms in total. The zero-order valence-electron chi connectivity index (χ0n) is 11.9. The summed E-state index contributed by atoms with van der Waals surface area (Å²) in [5, 5.41) is 0.205. The van der Waals surface area contributed by atoms with Gasteiger partial charge in [-0.25, -0.2) is 13.4 Å². The van der Waals surface area contributed by atoms with Gasteiger partial charge in [0.1, 0.15) is 5.82 Å². The third kappa shape index (κ3) is 2.68. The van der Waals surface area contributed by atoms with E-state index in [1.54, 1.807) is 4.31 Å². The van der Waals surface area contributed by atoms with Gasteiger partial charge in [0.25, 0.3) is 10.0 Å². The molecule has 2 unspecified atom stereocenters. The Morgan fingerprint density at radius 3 is 2.63 bits per heavy atom. The highest BCUT2D eigenvalue weighted by molar-refractivity contribution is 7.89. The summed E-state index contributed by atoms with van der Waals surface area (Å²) in [6, 6.07) is 0.267. The molecule has 1 aromatic rings. The molecule has 1 fully saturated rings. The van der Waals surface area contributed by atoms with Gasteiger partial charge in [-0.2, -0.15) is 4.31 Å². The van der Waals surface area contributed by atoms with Crippen molar-refractivity contribution in [2.24, 2.45) is 5.92 Å². The van der Waals surface area contributed by atoms with Crippen LogP contribution in [0.15, 0.2) is 11.2 Å². The lowest BCUT2D eigenvalue weighted by Gasteiger charge is -2.22. The second-order valence-electron chi connectivity index (χ2n) is 5.38. The first-order chi connectivity index (χ1) is 8.86. The number of aromatic amines is 1. The maximum atomic E-state index is 12.5. The first-order valence-electron chi connectivity index (χ1n) is 6.56. The number of H-pyrrole nitrogens is 1. The Balaban J connectivity index is 2.22. The molecule has 1 N–H and O–H groups in total. The van der Waals surface area contributed by atoms with E-state index in [-0.39, 0.29) is 11.1 Å². The van der Waals surface area contributed by atoms with E-state index in [9.17, 15) is 8.42 Å². The lowest BCUT2D eigenvalue weighted by molar-refractivity contribution is 0.263. The number of imidazole rings is 1. The first kappa shape index (κ1) is 14.5. The molecule has 2 heterocycles. The van der Waals surface area contributed by atoms with Gasteiger partial charge in [-0.3, -0.25) is 0 Å². The second-order valence-corrected chi connectivity index (χ2v) is 7.28. The molecule has 2 rings (SSSR count). The van der Waals surface area contributed by atoms with Gasteiger partial charge in [0, 0.05) is 25.6 Å². The molecule has 2 atom stereocenters. The lowest BCUT2D eigenvalue weighted by Crippen LogP contribution is -2.35. The van der Waals surface area contributed by atoms with Crippen LogP contribution in [0.3, 0.4) is 0 Å². The van der Waals surface area contributed by atoms with Crippen LogP contribution >= 0.6 is 0 Å². The number of hydrogen-bond acceptors (Lipinski definition) is 4. The van der Waals surface area contributed by atoms with Crippen LogP contribution < -0.4 is 0 Å². The van der Waals surface area contributed by atoms with Gasteiger partial charge in [0.15, 0.2) is 5.03 Å². The predicted molar refractivity (Wildman–Crippen MR) is 73.4 cm³/mol. The highest BCUT2D eigenvalue weighted by Gasteiger charge is 2.38. The molecule has 0 bridgehead atoms. The number of nitrogens with zero attached hydrogens (tertiary/aromatic N) is 3. The maximum Gasteiger partial charge on any atom is 0.260 e. The third-order valence-electron chi connectivity index (χ3n) is 3.76. The zero-order valence-corrected chi connectivity index (χ0v) is 12.7. The normalized spacial score (nSPS) is 25.3. The quantitative estimate of drug-likeness (QED) is 0.877. The molecule has 19 heavy (non-hydrogen) atoms. The summed E-state index contributed by atoms with van der Waals surface area (Å²) < 4.78 is 26.6. The number of sulfonamides is 1. The minimum Gasteiger partial charge on any atom is -0.332 e. The van der Waals surface area contributed by atoms with E-state index >= 15 is 0 Å². The fraction of sp³-hybridized carbons (Fsp3) is 0.750. The van der Waals surface area contributed by atoms with Gasteiger partial charge >= 0.3 is 0 Å². The molecule has 1 aliphatic heterocycles. The summed E-state index contributed by atoms with van der Waals surface area (Å²) in [6.07, 6.45) is 2.12. The van der Waals surface area contributed by atoms with Crippen LogP contribution in [0.25, 0.3) is 0 Å². The summed E-state index contributed by atoms with van der Waals surface area (Å²) in [5.74, 6) is 1.04. The molecule has 108 valence electrons. The van der Waals surface area contributed by atoms with Gasteiger partial charge in [0.05, 0.1) is 6.20 Å². The Bertz CT molecular complexity index is 538. The van der Waals surface area contributed by atoms with E-state index in [0.717, 1.165) is 0 Å². The van der Waals surface area contributed by atoms with E-state index < -0.39 is 10.0 Å². The summed E-state index contributed by atoms with van der Waals surface area (Å²) in [6.45, 7) is 5.13. The van der Waals surface area contributed by atoms with Crippen molar-refractivity contribution in [3.63, 3.8) is 0 Å². The summed E-state index contributed by atoms with van der Waals surface area (Å²) in [7, 11) is 0.539. The van der Waals surface area contributed by atoms with Crippen molar-refractivity contribution in [2.45, 2.75) is 31.3 Å². The van der Waals surface area contributed by atoms with E-state index in [2.05, 4.69) is 21.8 Å². The third-order valence-corrected chi connectivity index (χ3v) is 5.50. The van der Waals surface area contributed by atoms with Gasteiger partial charge in [-0.05, 0) is 20.0 Å². The Morgan fingerprint density at radius 2 is 2.16 bits per heavy atom. The monoisotopic (exact) mass is 286 g/mol. The Kier molecular flexibility index (Phi) is 3.98. The van der Waals surface area contributed by atoms with Crippen LogP contribution in [-0.4, -0.2) is 60.8 Å². The van der Waals surface area contributed by atoms with Gasteiger partial charge in [-0.15, -0.1) is 0 Å². The second kappa shape index (κ2) is 5.22. The molecule has 1 aliphatic rings. The molecule has 0 aliphatic carbocycles. The van der Waals surface area contributed by atoms with Crippen molar-refractivity contribution >= 4 is 10.0 Å². The molecule has 0 aromatic carbocycles. The molecule has 7 heteroatoms. The number of hydrogen-bond donors (Lipinski definition) is 1. The molecule has 0 spiro atoms. The average molecular weight is 286 g/mol. The van der Waals surface area contributed by atoms with Crippen molar-refractivity contribution in [1.82, 2.24) is 19.2 Å². The van der Waals surface area contributed by atoms with E-state index in [1.807, 2.05) is 21.0 Å². The molecular formula is C12H22N4O2S. The van der Waals surface area contributed by atoms with Crippen LogP contribution in [0.2, 0.25) is 0 Å². The highest BCUT2D eigenvalue weighted by atomic mass is 32.2. The smallest absolute Gasteiger partial charge is 0.260 e. The molecular weight excluding hydrogens is 264 g/mol. The Labute approximate surface area is 114 Å². The average Bonchev–Trinajstić information content (AvgIpc) is 2.95. The molecule has 1 aromatic heterocycles. The van der Waals surface area contributed by atoms with Crippen LogP contribution in [0.4, 0.5) is 0 Å². The fourth-order valence-electron chi connectivity index (χ4n) is 2.57. The Hall–Kier alpha value is -0.920. The number of aromatic nitrogens is 2. The number of likely N-dealkylation sites (N-methyl/N-ethyl adjacent to an activating group) is 1. The first-order valence-corrected chi connectivity index (χ1v) is 8.00.